The van der Waals surface area contributed by atoms with Gasteiger partial charge >= 0.3 is 0 Å². The van der Waals surface area contributed by atoms with Crippen molar-refractivity contribution in [3.63, 3.8) is 0 Å². The van der Waals surface area contributed by atoms with E-state index in [1.807, 2.05) is 0 Å². The van der Waals surface area contributed by atoms with Gasteiger partial charge in [-0.3, -0.25) is 0 Å². The lowest BCUT2D eigenvalue weighted by Gasteiger charge is -2.12. The van der Waals surface area contributed by atoms with Crippen LogP contribution in [0.4, 0.5) is 0 Å². The Balaban J connectivity index is 1.22. The average molecular weight is 588 g/mol. The van der Waals surface area contributed by atoms with Gasteiger partial charge in [-0.15, -0.1) is 0 Å². The van der Waals surface area contributed by atoms with Crippen molar-refractivity contribution in [3.05, 3.63) is 167 Å². The van der Waals surface area contributed by atoms with Crippen molar-refractivity contribution in [2.75, 3.05) is 0 Å². The molecule has 0 aliphatic rings. The van der Waals surface area contributed by atoms with Crippen LogP contribution in [0.5, 0.6) is 0 Å². The molecular formula is C40H27Br. The Morgan fingerprint density at radius 2 is 0.756 bits per heavy atom. The summed E-state index contributed by atoms with van der Waals surface area (Å²) in [5.41, 5.74) is 9.73. The number of hydrogen-bond donors (Lipinski definition) is 0. The molecule has 0 aliphatic carbocycles. The highest BCUT2D eigenvalue weighted by atomic mass is 79.9. The molecule has 0 saturated heterocycles. The molecule has 0 fully saturated rings. The minimum absolute atomic E-state index is 1.10. The molecule has 0 aromatic heterocycles. The molecule has 7 aromatic rings. The van der Waals surface area contributed by atoms with Crippen LogP contribution in [-0.4, -0.2) is 0 Å². The fraction of sp³-hybridized carbons (Fsp3) is 0. The van der Waals surface area contributed by atoms with E-state index in [9.17, 15) is 0 Å². The van der Waals surface area contributed by atoms with Crippen LogP contribution in [0, 0.1) is 0 Å². The molecule has 7 rings (SSSR count). The first-order valence-corrected chi connectivity index (χ1v) is 14.6. The monoisotopic (exact) mass is 586 g/mol. The lowest BCUT2D eigenvalue weighted by molar-refractivity contribution is 1.57. The van der Waals surface area contributed by atoms with Gasteiger partial charge in [0.05, 0.1) is 0 Å². The van der Waals surface area contributed by atoms with Crippen LogP contribution >= 0.6 is 15.9 Å². The SMILES string of the molecule is Brc1ccc2cc(/C=C/c3ccc4cc(-c5cc(-c6ccccc6)cc(-c6ccccc6)c5)ccc4c3)ccc2c1. The molecule has 0 heterocycles. The van der Waals surface area contributed by atoms with Crippen LogP contribution < -0.4 is 0 Å². The fourth-order valence-electron chi connectivity index (χ4n) is 5.47. The highest BCUT2D eigenvalue weighted by Crippen LogP contribution is 2.34. The van der Waals surface area contributed by atoms with Gasteiger partial charge in [-0.05, 0) is 115 Å². The lowest BCUT2D eigenvalue weighted by atomic mass is 9.92. The van der Waals surface area contributed by atoms with Gasteiger partial charge < -0.3 is 0 Å². The molecule has 0 saturated carbocycles. The molecule has 0 N–H and O–H groups in total. The second-order valence-electron chi connectivity index (χ2n) is 10.4. The van der Waals surface area contributed by atoms with Crippen molar-refractivity contribution in [3.8, 4) is 33.4 Å². The van der Waals surface area contributed by atoms with Gasteiger partial charge in [-0.1, -0.05) is 131 Å². The number of hydrogen-bond acceptors (Lipinski definition) is 0. The molecule has 0 unspecified atom stereocenters. The summed E-state index contributed by atoms with van der Waals surface area (Å²) in [6.45, 7) is 0. The minimum Gasteiger partial charge on any atom is -0.0622 e. The van der Waals surface area contributed by atoms with E-state index < -0.39 is 0 Å². The zero-order valence-corrected chi connectivity index (χ0v) is 24.1. The third kappa shape index (κ3) is 5.50. The molecule has 0 atom stereocenters. The average Bonchev–Trinajstić information content (AvgIpc) is 3.04. The van der Waals surface area contributed by atoms with Crippen LogP contribution in [0.3, 0.4) is 0 Å². The second kappa shape index (κ2) is 11.0. The Kier molecular flexibility index (Phi) is 6.80. The van der Waals surface area contributed by atoms with E-state index in [4.69, 9.17) is 0 Å². The fourth-order valence-corrected chi connectivity index (χ4v) is 5.85. The lowest BCUT2D eigenvalue weighted by Crippen LogP contribution is -1.86. The van der Waals surface area contributed by atoms with Crippen molar-refractivity contribution < 1.29 is 0 Å². The van der Waals surface area contributed by atoms with E-state index >= 15 is 0 Å². The van der Waals surface area contributed by atoms with Crippen molar-refractivity contribution in [1.29, 1.82) is 0 Å². The summed E-state index contributed by atoms with van der Waals surface area (Å²) in [6, 6.07) is 54.7. The Labute approximate surface area is 249 Å². The summed E-state index contributed by atoms with van der Waals surface area (Å²) in [6.07, 6.45) is 4.39. The van der Waals surface area contributed by atoms with Crippen molar-refractivity contribution in [2.45, 2.75) is 0 Å². The molecule has 0 bridgehead atoms. The Morgan fingerprint density at radius 3 is 1.32 bits per heavy atom. The molecule has 0 radical (unpaired) electrons. The molecule has 41 heavy (non-hydrogen) atoms. The maximum Gasteiger partial charge on any atom is 0.0181 e. The molecule has 194 valence electrons. The van der Waals surface area contributed by atoms with Gasteiger partial charge in [-0.25, -0.2) is 0 Å². The van der Waals surface area contributed by atoms with E-state index in [0.29, 0.717) is 0 Å². The van der Waals surface area contributed by atoms with E-state index in [2.05, 4.69) is 180 Å². The number of rotatable bonds is 5. The maximum atomic E-state index is 3.56. The number of fused-ring (bicyclic) bond motifs is 2. The largest absolute Gasteiger partial charge is 0.0622 e. The Morgan fingerprint density at radius 1 is 0.317 bits per heavy atom. The third-order valence-electron chi connectivity index (χ3n) is 7.64. The summed E-state index contributed by atoms with van der Waals surface area (Å²) in [5.74, 6) is 0. The number of halogens is 1. The van der Waals surface area contributed by atoms with Gasteiger partial charge in [-0.2, -0.15) is 0 Å². The quantitative estimate of drug-likeness (QED) is 0.176. The van der Waals surface area contributed by atoms with Crippen LogP contribution in [0.2, 0.25) is 0 Å². The van der Waals surface area contributed by atoms with Gasteiger partial charge in [0.25, 0.3) is 0 Å². The van der Waals surface area contributed by atoms with E-state index in [0.717, 1.165) is 4.47 Å². The predicted octanol–water partition coefficient (Wildman–Crippen LogP) is 11.9. The molecule has 7 aromatic carbocycles. The van der Waals surface area contributed by atoms with Gasteiger partial charge in [0.1, 0.15) is 0 Å². The van der Waals surface area contributed by atoms with Crippen molar-refractivity contribution in [2.24, 2.45) is 0 Å². The summed E-state index contributed by atoms with van der Waals surface area (Å²) >= 11 is 3.56. The molecule has 0 nitrogen and oxygen atoms in total. The Hall–Kier alpha value is -4.72. The highest BCUT2D eigenvalue weighted by Gasteiger charge is 2.08. The summed E-state index contributed by atoms with van der Waals surface area (Å²) in [4.78, 5) is 0. The molecule has 0 spiro atoms. The van der Waals surface area contributed by atoms with Crippen LogP contribution in [0.25, 0.3) is 67.1 Å². The molecule has 1 heteroatoms. The second-order valence-corrected chi connectivity index (χ2v) is 11.4. The molecular weight excluding hydrogens is 560 g/mol. The van der Waals surface area contributed by atoms with Crippen molar-refractivity contribution in [1.82, 2.24) is 0 Å². The first-order chi connectivity index (χ1) is 20.2. The number of benzene rings is 7. The predicted molar refractivity (Wildman–Crippen MR) is 181 cm³/mol. The third-order valence-corrected chi connectivity index (χ3v) is 8.13. The van der Waals surface area contributed by atoms with E-state index in [1.54, 1.807) is 0 Å². The minimum atomic E-state index is 1.10. The van der Waals surface area contributed by atoms with Crippen LogP contribution in [0.15, 0.2) is 156 Å². The van der Waals surface area contributed by atoms with Gasteiger partial charge in [0.2, 0.25) is 0 Å². The van der Waals surface area contributed by atoms with Crippen molar-refractivity contribution >= 4 is 49.6 Å². The molecule has 0 amide bonds. The summed E-state index contributed by atoms with van der Waals surface area (Å²) in [7, 11) is 0. The summed E-state index contributed by atoms with van der Waals surface area (Å²) in [5, 5.41) is 4.96. The zero-order chi connectivity index (χ0) is 27.6. The molecule has 0 aliphatic heterocycles. The normalized spacial score (nSPS) is 11.4. The first kappa shape index (κ1) is 25.3. The van der Waals surface area contributed by atoms with Crippen LogP contribution in [0.1, 0.15) is 11.1 Å². The summed E-state index contributed by atoms with van der Waals surface area (Å²) < 4.78 is 1.10. The zero-order valence-electron chi connectivity index (χ0n) is 22.5. The maximum absolute atomic E-state index is 3.56. The van der Waals surface area contributed by atoms with E-state index in [-0.39, 0.29) is 0 Å². The van der Waals surface area contributed by atoms with Gasteiger partial charge in [0.15, 0.2) is 0 Å². The van der Waals surface area contributed by atoms with Crippen LogP contribution in [-0.2, 0) is 0 Å². The highest BCUT2D eigenvalue weighted by molar-refractivity contribution is 9.10. The first-order valence-electron chi connectivity index (χ1n) is 13.9. The smallest absolute Gasteiger partial charge is 0.0181 e. The van der Waals surface area contributed by atoms with Gasteiger partial charge in [0, 0.05) is 4.47 Å². The topological polar surface area (TPSA) is 0 Å². The standard InChI is InChI=1S/C40H27Br/c41-40-20-19-33-22-29(14-16-36(33)27-40)12-11-28-13-15-34-23-35(18-17-32(34)21-28)39-25-37(30-7-3-1-4-8-30)24-38(26-39)31-9-5-2-6-10-31/h1-27H/b12-11+. The Bertz CT molecular complexity index is 1980. The van der Waals surface area contributed by atoms with E-state index in [1.165, 1.54) is 66.1 Å².